The van der Waals surface area contributed by atoms with Crippen molar-refractivity contribution in [2.45, 2.75) is 52.4 Å². The summed E-state index contributed by atoms with van der Waals surface area (Å²) < 4.78 is 0. The van der Waals surface area contributed by atoms with Crippen molar-refractivity contribution in [3.05, 3.63) is 35.7 Å². The SMILES string of the molecule is CC(C)(C)c1cc2cccnc2nc1C(C)(C)C. The van der Waals surface area contributed by atoms with Gasteiger partial charge >= 0.3 is 0 Å². The second-order valence-electron chi connectivity index (χ2n) is 6.93. The Labute approximate surface area is 109 Å². The molecule has 18 heavy (non-hydrogen) atoms. The zero-order valence-corrected chi connectivity index (χ0v) is 12.2. The van der Waals surface area contributed by atoms with E-state index in [-0.39, 0.29) is 10.8 Å². The van der Waals surface area contributed by atoms with Gasteiger partial charge in [-0.15, -0.1) is 0 Å². The molecule has 0 unspecified atom stereocenters. The smallest absolute Gasteiger partial charge is 0.159 e. The van der Waals surface area contributed by atoms with Crippen molar-refractivity contribution in [2.24, 2.45) is 0 Å². The summed E-state index contributed by atoms with van der Waals surface area (Å²) >= 11 is 0. The predicted molar refractivity (Wildman–Crippen MR) is 76.9 cm³/mol. The van der Waals surface area contributed by atoms with Crippen LogP contribution in [0.1, 0.15) is 52.8 Å². The van der Waals surface area contributed by atoms with Crippen LogP contribution < -0.4 is 0 Å². The van der Waals surface area contributed by atoms with Gasteiger partial charge in [-0.05, 0) is 29.2 Å². The molecule has 0 bridgehead atoms. The van der Waals surface area contributed by atoms with Gasteiger partial charge in [0.15, 0.2) is 5.65 Å². The lowest BCUT2D eigenvalue weighted by Gasteiger charge is -2.29. The number of pyridine rings is 2. The molecule has 0 saturated carbocycles. The third-order valence-electron chi connectivity index (χ3n) is 3.11. The van der Waals surface area contributed by atoms with E-state index in [0.29, 0.717) is 0 Å². The van der Waals surface area contributed by atoms with Crippen molar-refractivity contribution in [3.63, 3.8) is 0 Å². The fourth-order valence-electron chi connectivity index (χ4n) is 2.15. The second kappa shape index (κ2) is 4.04. The van der Waals surface area contributed by atoms with E-state index in [2.05, 4.69) is 58.7 Å². The molecule has 0 aliphatic rings. The van der Waals surface area contributed by atoms with Crippen LogP contribution in [0.5, 0.6) is 0 Å². The number of nitrogens with zero attached hydrogens (tertiary/aromatic N) is 2. The lowest BCUT2D eigenvalue weighted by molar-refractivity contribution is 0.516. The van der Waals surface area contributed by atoms with Crippen LogP contribution in [0.3, 0.4) is 0 Å². The van der Waals surface area contributed by atoms with Crippen LogP contribution in [-0.4, -0.2) is 9.97 Å². The molecular formula is C16H22N2. The van der Waals surface area contributed by atoms with Gasteiger partial charge in [-0.1, -0.05) is 41.5 Å². The van der Waals surface area contributed by atoms with E-state index in [1.54, 1.807) is 6.20 Å². The van der Waals surface area contributed by atoms with Crippen LogP contribution in [0.4, 0.5) is 0 Å². The molecule has 2 rings (SSSR count). The minimum absolute atomic E-state index is 0.0360. The maximum Gasteiger partial charge on any atom is 0.159 e. The minimum atomic E-state index is 0.0360. The third-order valence-corrected chi connectivity index (χ3v) is 3.11. The third kappa shape index (κ3) is 2.38. The average molecular weight is 242 g/mol. The van der Waals surface area contributed by atoms with E-state index in [1.807, 2.05) is 6.07 Å². The highest BCUT2D eigenvalue weighted by atomic mass is 14.9. The van der Waals surface area contributed by atoms with Gasteiger partial charge in [0.25, 0.3) is 0 Å². The molecule has 2 nitrogen and oxygen atoms in total. The van der Waals surface area contributed by atoms with Crippen LogP contribution in [0, 0.1) is 0 Å². The van der Waals surface area contributed by atoms with E-state index in [9.17, 15) is 0 Å². The molecule has 0 fully saturated rings. The van der Waals surface area contributed by atoms with Gasteiger partial charge in [0.2, 0.25) is 0 Å². The number of aromatic nitrogens is 2. The van der Waals surface area contributed by atoms with Gasteiger partial charge in [0.05, 0.1) is 5.69 Å². The zero-order valence-electron chi connectivity index (χ0n) is 12.2. The highest BCUT2D eigenvalue weighted by Crippen LogP contribution is 2.34. The quantitative estimate of drug-likeness (QED) is 0.691. The van der Waals surface area contributed by atoms with Gasteiger partial charge in [0, 0.05) is 17.0 Å². The summed E-state index contributed by atoms with van der Waals surface area (Å²) in [5.41, 5.74) is 3.45. The highest BCUT2D eigenvalue weighted by Gasteiger charge is 2.27. The Balaban J connectivity index is 2.81. The Hall–Kier alpha value is -1.44. The molecule has 0 atom stereocenters. The highest BCUT2D eigenvalue weighted by molar-refractivity contribution is 5.76. The van der Waals surface area contributed by atoms with Gasteiger partial charge in [-0.25, -0.2) is 9.97 Å². The number of fused-ring (bicyclic) bond motifs is 1. The lowest BCUT2D eigenvalue weighted by atomic mass is 9.78. The standard InChI is InChI=1S/C16H22N2/c1-15(2,3)12-10-11-8-7-9-17-14(11)18-13(12)16(4,5)6/h7-10H,1-6H3. The number of rotatable bonds is 0. The summed E-state index contributed by atoms with van der Waals surface area (Å²) in [6, 6.07) is 6.29. The Morgan fingerprint density at radius 1 is 0.944 bits per heavy atom. The fraction of sp³-hybridized carbons (Fsp3) is 0.500. The van der Waals surface area contributed by atoms with Crippen LogP contribution in [0.15, 0.2) is 24.4 Å². The molecule has 0 aromatic carbocycles. The van der Waals surface area contributed by atoms with Crippen molar-refractivity contribution in [1.29, 1.82) is 0 Å². The van der Waals surface area contributed by atoms with Crippen LogP contribution >= 0.6 is 0 Å². The van der Waals surface area contributed by atoms with E-state index in [0.717, 1.165) is 16.7 Å². The molecule has 0 saturated heterocycles. The first-order valence-electron chi connectivity index (χ1n) is 6.46. The molecule has 2 heterocycles. The molecule has 0 N–H and O–H groups in total. The first kappa shape index (κ1) is 13.0. The summed E-state index contributed by atoms with van der Waals surface area (Å²) in [5, 5.41) is 1.12. The molecule has 0 amide bonds. The van der Waals surface area contributed by atoms with Crippen LogP contribution in [-0.2, 0) is 10.8 Å². The van der Waals surface area contributed by atoms with Crippen molar-refractivity contribution < 1.29 is 0 Å². The van der Waals surface area contributed by atoms with Crippen molar-refractivity contribution >= 4 is 11.0 Å². The Morgan fingerprint density at radius 2 is 1.61 bits per heavy atom. The Kier molecular flexibility index (Phi) is 2.92. The normalized spacial score (nSPS) is 13.0. The first-order valence-corrected chi connectivity index (χ1v) is 6.46. The summed E-state index contributed by atoms with van der Waals surface area (Å²) in [6.07, 6.45) is 1.80. The lowest BCUT2D eigenvalue weighted by Crippen LogP contribution is -2.23. The zero-order chi connectivity index (χ0) is 13.6. The van der Waals surface area contributed by atoms with Crippen LogP contribution in [0.2, 0.25) is 0 Å². The first-order chi connectivity index (χ1) is 8.19. The molecule has 0 aliphatic heterocycles. The summed E-state index contributed by atoms with van der Waals surface area (Å²) in [7, 11) is 0. The monoisotopic (exact) mass is 242 g/mol. The minimum Gasteiger partial charge on any atom is -0.237 e. The second-order valence-corrected chi connectivity index (χ2v) is 6.93. The molecular weight excluding hydrogens is 220 g/mol. The van der Waals surface area contributed by atoms with Crippen molar-refractivity contribution in [1.82, 2.24) is 9.97 Å². The molecule has 96 valence electrons. The largest absolute Gasteiger partial charge is 0.237 e. The number of hydrogen-bond acceptors (Lipinski definition) is 2. The average Bonchev–Trinajstić information content (AvgIpc) is 2.25. The maximum atomic E-state index is 4.80. The molecule has 0 radical (unpaired) electrons. The van der Waals surface area contributed by atoms with E-state index in [1.165, 1.54) is 5.56 Å². The summed E-state index contributed by atoms with van der Waals surface area (Å²) in [6.45, 7) is 13.3. The summed E-state index contributed by atoms with van der Waals surface area (Å²) in [5.74, 6) is 0. The van der Waals surface area contributed by atoms with Gasteiger partial charge in [0.1, 0.15) is 0 Å². The van der Waals surface area contributed by atoms with E-state index < -0.39 is 0 Å². The van der Waals surface area contributed by atoms with Crippen LogP contribution in [0.25, 0.3) is 11.0 Å². The fourth-order valence-corrected chi connectivity index (χ4v) is 2.15. The number of hydrogen-bond donors (Lipinski definition) is 0. The van der Waals surface area contributed by atoms with Crippen molar-refractivity contribution in [2.75, 3.05) is 0 Å². The van der Waals surface area contributed by atoms with Crippen molar-refractivity contribution in [3.8, 4) is 0 Å². The molecule has 2 aromatic rings. The molecule has 2 heteroatoms. The summed E-state index contributed by atoms with van der Waals surface area (Å²) in [4.78, 5) is 9.17. The molecule has 0 aliphatic carbocycles. The van der Waals surface area contributed by atoms with Gasteiger partial charge in [-0.3, -0.25) is 0 Å². The van der Waals surface area contributed by atoms with Gasteiger partial charge in [-0.2, -0.15) is 0 Å². The Morgan fingerprint density at radius 3 is 2.17 bits per heavy atom. The van der Waals surface area contributed by atoms with E-state index in [4.69, 9.17) is 4.98 Å². The van der Waals surface area contributed by atoms with Gasteiger partial charge < -0.3 is 0 Å². The maximum absolute atomic E-state index is 4.80. The molecule has 2 aromatic heterocycles. The predicted octanol–water partition coefficient (Wildman–Crippen LogP) is 4.22. The topological polar surface area (TPSA) is 25.8 Å². The van der Waals surface area contributed by atoms with E-state index >= 15 is 0 Å². The Bertz CT molecular complexity index is 519. The molecule has 0 spiro atoms.